The Kier molecular flexibility index (Phi) is 7.91. The van der Waals surface area contributed by atoms with Crippen LogP contribution in [-0.2, 0) is 9.59 Å². The number of amides is 2. The van der Waals surface area contributed by atoms with Gasteiger partial charge in [-0.3, -0.25) is 14.5 Å². The molecule has 2 amide bonds. The van der Waals surface area contributed by atoms with Gasteiger partial charge in [-0.25, -0.2) is 0 Å². The van der Waals surface area contributed by atoms with Crippen LogP contribution in [-0.4, -0.2) is 43.5 Å². The van der Waals surface area contributed by atoms with E-state index in [0.29, 0.717) is 33.7 Å². The lowest BCUT2D eigenvalue weighted by molar-refractivity contribution is -0.119. The summed E-state index contributed by atoms with van der Waals surface area (Å²) in [6, 6.07) is 12.0. The molecule has 0 saturated heterocycles. The summed E-state index contributed by atoms with van der Waals surface area (Å²) in [5.41, 5.74) is 1.05. The maximum absolute atomic E-state index is 12.3. The molecule has 0 saturated carbocycles. The summed E-state index contributed by atoms with van der Waals surface area (Å²) < 4.78 is 5.21. The molecule has 0 aliphatic rings. The average Bonchev–Trinajstić information content (AvgIpc) is 2.64. The van der Waals surface area contributed by atoms with Crippen molar-refractivity contribution < 1.29 is 14.3 Å². The highest BCUT2D eigenvalue weighted by atomic mass is 35.5. The lowest BCUT2D eigenvalue weighted by Gasteiger charge is -2.20. The van der Waals surface area contributed by atoms with Crippen molar-refractivity contribution in [2.24, 2.45) is 0 Å². The molecule has 0 aliphatic heterocycles. The van der Waals surface area contributed by atoms with Gasteiger partial charge >= 0.3 is 0 Å². The number of hydrogen-bond donors (Lipinski definition) is 2. The number of benzene rings is 2. The average molecular weight is 410 g/mol. The van der Waals surface area contributed by atoms with E-state index in [2.05, 4.69) is 10.6 Å². The van der Waals surface area contributed by atoms with E-state index < -0.39 is 0 Å². The molecule has 0 bridgehead atoms. The number of rotatable bonds is 8. The predicted molar refractivity (Wildman–Crippen MR) is 109 cm³/mol. The van der Waals surface area contributed by atoms with Gasteiger partial charge in [0.25, 0.3) is 0 Å². The summed E-state index contributed by atoms with van der Waals surface area (Å²) in [4.78, 5) is 26.3. The normalized spacial score (nSPS) is 10.6. The third-order valence-corrected chi connectivity index (χ3v) is 4.32. The molecule has 2 aromatic rings. The second kappa shape index (κ2) is 10.2. The minimum atomic E-state index is -0.272. The third kappa shape index (κ3) is 6.43. The fourth-order valence-electron chi connectivity index (χ4n) is 2.40. The van der Waals surface area contributed by atoms with E-state index in [-0.39, 0.29) is 24.9 Å². The Morgan fingerprint density at radius 3 is 2.22 bits per heavy atom. The summed E-state index contributed by atoms with van der Waals surface area (Å²) in [6.45, 7) is 2.52. The number of halogens is 2. The maximum Gasteiger partial charge on any atom is 0.238 e. The highest BCUT2D eigenvalue weighted by Crippen LogP contribution is 2.25. The van der Waals surface area contributed by atoms with E-state index in [0.717, 1.165) is 0 Å². The van der Waals surface area contributed by atoms with Crippen LogP contribution in [0.25, 0.3) is 0 Å². The molecule has 144 valence electrons. The van der Waals surface area contributed by atoms with Gasteiger partial charge in [0.15, 0.2) is 0 Å². The Morgan fingerprint density at radius 1 is 1.00 bits per heavy atom. The van der Waals surface area contributed by atoms with Gasteiger partial charge in [0, 0.05) is 5.02 Å². The molecule has 0 heterocycles. The minimum Gasteiger partial charge on any atom is -0.495 e. The van der Waals surface area contributed by atoms with Gasteiger partial charge in [-0.2, -0.15) is 0 Å². The number of carbonyl (C=O) groups is 2. The van der Waals surface area contributed by atoms with Crippen LogP contribution in [0, 0.1) is 0 Å². The molecule has 0 radical (unpaired) electrons. The van der Waals surface area contributed by atoms with Crippen LogP contribution in [0.5, 0.6) is 5.75 Å². The summed E-state index contributed by atoms with van der Waals surface area (Å²) in [5.74, 6) is 0.0638. The lowest BCUT2D eigenvalue weighted by atomic mass is 10.3. The van der Waals surface area contributed by atoms with E-state index in [4.69, 9.17) is 27.9 Å². The van der Waals surface area contributed by atoms with Crippen molar-refractivity contribution in [1.29, 1.82) is 0 Å². The zero-order chi connectivity index (χ0) is 19.8. The molecule has 2 aromatic carbocycles. The molecule has 0 aliphatic carbocycles. The van der Waals surface area contributed by atoms with Crippen LogP contribution in [0.4, 0.5) is 11.4 Å². The number of ether oxygens (including phenoxy) is 1. The highest BCUT2D eigenvalue weighted by Gasteiger charge is 2.15. The summed E-state index contributed by atoms with van der Waals surface area (Å²) >= 11 is 11.9. The van der Waals surface area contributed by atoms with E-state index in [1.54, 1.807) is 41.3 Å². The number of likely N-dealkylation sites (N-methyl/N-ethyl adjacent to an activating group) is 1. The Labute approximate surface area is 168 Å². The van der Waals surface area contributed by atoms with E-state index in [1.807, 2.05) is 13.0 Å². The Bertz CT molecular complexity index is 815. The van der Waals surface area contributed by atoms with Crippen molar-refractivity contribution in [3.8, 4) is 5.75 Å². The first-order valence-corrected chi connectivity index (χ1v) is 9.08. The number of nitrogens with zero attached hydrogens (tertiary/aromatic N) is 1. The van der Waals surface area contributed by atoms with Crippen LogP contribution in [0.3, 0.4) is 0 Å². The van der Waals surface area contributed by atoms with E-state index in [1.165, 1.54) is 7.11 Å². The van der Waals surface area contributed by atoms with Crippen LogP contribution in [0.15, 0.2) is 42.5 Å². The van der Waals surface area contributed by atoms with Gasteiger partial charge in [0.05, 0.1) is 36.6 Å². The molecular weight excluding hydrogens is 389 g/mol. The lowest BCUT2D eigenvalue weighted by Crippen LogP contribution is -2.38. The minimum absolute atomic E-state index is 0.0504. The first-order valence-electron chi connectivity index (χ1n) is 8.33. The van der Waals surface area contributed by atoms with Crippen molar-refractivity contribution in [3.05, 3.63) is 52.5 Å². The quantitative estimate of drug-likeness (QED) is 0.693. The zero-order valence-corrected chi connectivity index (χ0v) is 16.6. The van der Waals surface area contributed by atoms with Crippen molar-refractivity contribution in [2.45, 2.75) is 6.92 Å². The largest absolute Gasteiger partial charge is 0.495 e. The predicted octanol–water partition coefficient (Wildman–Crippen LogP) is 3.90. The standard InChI is InChI=1S/C19H21Cl2N3O3/c1-3-24(11-18(25)22-15-9-8-13(20)10-14(15)21)12-19(26)23-16-6-4-5-7-17(16)27-2/h4-10H,3,11-12H2,1-2H3,(H,22,25)(H,23,26). The van der Waals surface area contributed by atoms with E-state index in [9.17, 15) is 9.59 Å². The number of carbonyl (C=O) groups excluding carboxylic acids is 2. The van der Waals surface area contributed by atoms with Crippen LogP contribution in [0.2, 0.25) is 10.0 Å². The number of methoxy groups -OCH3 is 1. The second-order valence-electron chi connectivity index (χ2n) is 5.72. The van der Waals surface area contributed by atoms with Gasteiger partial charge in [-0.05, 0) is 36.9 Å². The van der Waals surface area contributed by atoms with Gasteiger partial charge in [0.2, 0.25) is 11.8 Å². The Morgan fingerprint density at radius 2 is 1.63 bits per heavy atom. The van der Waals surface area contributed by atoms with Gasteiger partial charge in [-0.15, -0.1) is 0 Å². The van der Waals surface area contributed by atoms with Crippen molar-refractivity contribution in [2.75, 3.05) is 37.4 Å². The molecular formula is C19H21Cl2N3O3. The fourth-order valence-corrected chi connectivity index (χ4v) is 2.86. The fraction of sp³-hybridized carbons (Fsp3) is 0.263. The Balaban J connectivity index is 1.92. The van der Waals surface area contributed by atoms with Crippen LogP contribution in [0.1, 0.15) is 6.92 Å². The third-order valence-electron chi connectivity index (χ3n) is 3.77. The second-order valence-corrected chi connectivity index (χ2v) is 6.57. The SMILES string of the molecule is CCN(CC(=O)Nc1ccc(Cl)cc1Cl)CC(=O)Nc1ccccc1OC. The maximum atomic E-state index is 12.3. The molecule has 0 fully saturated rings. The van der Waals surface area contributed by atoms with Crippen molar-refractivity contribution in [3.63, 3.8) is 0 Å². The van der Waals surface area contributed by atoms with Crippen molar-refractivity contribution in [1.82, 2.24) is 4.90 Å². The molecule has 8 heteroatoms. The Hall–Kier alpha value is -2.28. The summed E-state index contributed by atoms with van der Waals surface area (Å²) in [6.07, 6.45) is 0. The highest BCUT2D eigenvalue weighted by molar-refractivity contribution is 6.36. The summed E-state index contributed by atoms with van der Waals surface area (Å²) in [5, 5.41) is 6.35. The molecule has 2 N–H and O–H groups in total. The van der Waals surface area contributed by atoms with E-state index >= 15 is 0 Å². The summed E-state index contributed by atoms with van der Waals surface area (Å²) in [7, 11) is 1.54. The molecule has 6 nitrogen and oxygen atoms in total. The molecule has 0 unspecified atom stereocenters. The smallest absolute Gasteiger partial charge is 0.238 e. The molecule has 27 heavy (non-hydrogen) atoms. The molecule has 0 aromatic heterocycles. The van der Waals surface area contributed by atoms with Gasteiger partial charge < -0.3 is 15.4 Å². The number of anilines is 2. The van der Waals surface area contributed by atoms with Crippen LogP contribution >= 0.6 is 23.2 Å². The topological polar surface area (TPSA) is 70.7 Å². The van der Waals surface area contributed by atoms with Crippen molar-refractivity contribution >= 4 is 46.4 Å². The first kappa shape index (κ1) is 21.0. The first-order chi connectivity index (χ1) is 12.9. The number of nitrogens with one attached hydrogen (secondary N) is 2. The molecule has 2 rings (SSSR count). The number of para-hydroxylation sites is 2. The monoisotopic (exact) mass is 409 g/mol. The number of hydrogen-bond acceptors (Lipinski definition) is 4. The van der Waals surface area contributed by atoms with Crippen LogP contribution < -0.4 is 15.4 Å². The van der Waals surface area contributed by atoms with Gasteiger partial charge in [0.1, 0.15) is 5.75 Å². The molecule has 0 atom stereocenters. The zero-order valence-electron chi connectivity index (χ0n) is 15.1. The molecule has 0 spiro atoms. The van der Waals surface area contributed by atoms with Gasteiger partial charge in [-0.1, -0.05) is 42.3 Å².